The molecule has 1 N–H and O–H groups in total. The Morgan fingerprint density at radius 2 is 2.20 bits per heavy atom. The zero-order valence-electron chi connectivity index (χ0n) is 13.2. The number of thiazole rings is 1. The minimum atomic E-state index is -0.279. The van der Waals surface area contributed by atoms with Crippen LogP contribution in [0.15, 0.2) is 50.9 Å². The fourth-order valence-electron chi connectivity index (χ4n) is 2.27. The summed E-state index contributed by atoms with van der Waals surface area (Å²) < 4.78 is 10.6. The van der Waals surface area contributed by atoms with E-state index in [2.05, 4.69) is 15.5 Å². The molecule has 1 amide bonds. The van der Waals surface area contributed by atoms with Gasteiger partial charge < -0.3 is 14.3 Å². The first-order valence-corrected chi connectivity index (χ1v) is 9.19. The van der Waals surface area contributed by atoms with Crippen molar-refractivity contribution in [2.45, 2.75) is 13.5 Å². The lowest BCUT2D eigenvalue weighted by Crippen LogP contribution is -2.22. The number of amides is 1. The summed E-state index contributed by atoms with van der Waals surface area (Å²) in [5.41, 5.74) is 1.13. The van der Waals surface area contributed by atoms with Crippen LogP contribution in [0.3, 0.4) is 0 Å². The fraction of sp³-hybridized carbons (Fsp3) is 0.118. The van der Waals surface area contributed by atoms with Crippen molar-refractivity contribution in [3.63, 3.8) is 0 Å². The Kier molecular flexibility index (Phi) is 4.21. The molecule has 0 spiro atoms. The number of furan rings is 1. The average molecular weight is 371 g/mol. The van der Waals surface area contributed by atoms with Crippen molar-refractivity contribution in [3.05, 3.63) is 58.2 Å². The van der Waals surface area contributed by atoms with Gasteiger partial charge >= 0.3 is 0 Å². The van der Waals surface area contributed by atoms with Crippen LogP contribution in [0.4, 0.5) is 0 Å². The number of hydrogen-bond donors (Lipinski definition) is 1. The number of aryl methyl sites for hydroxylation is 1. The molecule has 25 heavy (non-hydrogen) atoms. The van der Waals surface area contributed by atoms with E-state index in [0.717, 1.165) is 26.2 Å². The Morgan fingerprint density at radius 3 is 2.96 bits per heavy atom. The maximum absolute atomic E-state index is 12.3. The van der Waals surface area contributed by atoms with Gasteiger partial charge in [0.15, 0.2) is 22.2 Å². The molecule has 0 radical (unpaired) electrons. The van der Waals surface area contributed by atoms with Gasteiger partial charge in [-0.3, -0.25) is 4.79 Å². The Morgan fingerprint density at radius 1 is 1.28 bits per heavy atom. The van der Waals surface area contributed by atoms with Crippen LogP contribution in [-0.2, 0) is 6.54 Å². The Balaban J connectivity index is 1.44. The molecule has 6 nitrogen and oxygen atoms in total. The van der Waals surface area contributed by atoms with Gasteiger partial charge in [-0.25, -0.2) is 4.98 Å². The van der Waals surface area contributed by atoms with Gasteiger partial charge in [-0.2, -0.15) is 0 Å². The molecule has 0 atom stereocenters. The third-order valence-corrected chi connectivity index (χ3v) is 5.60. The lowest BCUT2D eigenvalue weighted by atomic mass is 10.3. The van der Waals surface area contributed by atoms with Crippen LogP contribution in [0.25, 0.3) is 21.4 Å². The van der Waals surface area contributed by atoms with Crippen LogP contribution in [-0.4, -0.2) is 16.0 Å². The predicted octanol–water partition coefficient (Wildman–Crippen LogP) is 4.36. The first-order chi connectivity index (χ1) is 12.2. The van der Waals surface area contributed by atoms with E-state index in [1.165, 1.54) is 22.7 Å². The Labute approximate surface area is 151 Å². The summed E-state index contributed by atoms with van der Waals surface area (Å²) in [6.45, 7) is 2.29. The molecule has 0 aromatic carbocycles. The van der Waals surface area contributed by atoms with Crippen molar-refractivity contribution in [2.75, 3.05) is 0 Å². The van der Waals surface area contributed by atoms with Gasteiger partial charge in [-0.05, 0) is 30.5 Å². The first kappa shape index (κ1) is 15.8. The zero-order valence-corrected chi connectivity index (χ0v) is 14.8. The number of nitrogens with one attached hydrogen (secondary N) is 1. The van der Waals surface area contributed by atoms with Crippen LogP contribution in [0.5, 0.6) is 0 Å². The highest BCUT2D eigenvalue weighted by molar-refractivity contribution is 7.15. The van der Waals surface area contributed by atoms with Gasteiger partial charge in [-0.15, -0.1) is 22.7 Å². The van der Waals surface area contributed by atoms with Gasteiger partial charge in [-0.1, -0.05) is 11.2 Å². The third-order valence-electron chi connectivity index (χ3n) is 3.54. The van der Waals surface area contributed by atoms with E-state index in [9.17, 15) is 4.79 Å². The summed E-state index contributed by atoms with van der Waals surface area (Å²) in [6.07, 6.45) is 1.61. The maximum Gasteiger partial charge on any atom is 0.273 e. The van der Waals surface area contributed by atoms with Crippen LogP contribution in [0, 0.1) is 6.92 Å². The van der Waals surface area contributed by atoms with Crippen molar-refractivity contribution in [1.29, 1.82) is 0 Å². The van der Waals surface area contributed by atoms with Gasteiger partial charge in [0.1, 0.15) is 0 Å². The van der Waals surface area contributed by atoms with Gasteiger partial charge in [0.2, 0.25) is 0 Å². The van der Waals surface area contributed by atoms with Crippen molar-refractivity contribution in [3.8, 4) is 21.4 Å². The lowest BCUT2D eigenvalue weighted by molar-refractivity contribution is 0.0942. The van der Waals surface area contributed by atoms with Crippen molar-refractivity contribution < 1.29 is 13.7 Å². The van der Waals surface area contributed by atoms with Gasteiger partial charge in [0.05, 0.1) is 23.4 Å². The molecular weight excluding hydrogens is 358 g/mol. The van der Waals surface area contributed by atoms with Gasteiger partial charge in [0.25, 0.3) is 5.91 Å². The van der Waals surface area contributed by atoms with Crippen molar-refractivity contribution in [1.82, 2.24) is 15.5 Å². The molecule has 0 fully saturated rings. The monoisotopic (exact) mass is 371 g/mol. The predicted molar refractivity (Wildman–Crippen MR) is 95.5 cm³/mol. The largest absolute Gasteiger partial charge is 0.462 e. The Bertz CT molecular complexity index is 985. The minimum Gasteiger partial charge on any atom is -0.462 e. The average Bonchev–Trinajstić information content (AvgIpc) is 3.39. The smallest absolute Gasteiger partial charge is 0.273 e. The molecule has 0 saturated heterocycles. The number of nitrogens with zero attached hydrogens (tertiary/aromatic N) is 2. The Hall–Kier alpha value is -2.71. The second-order valence-corrected chi connectivity index (χ2v) is 7.27. The zero-order chi connectivity index (χ0) is 17.2. The number of rotatable bonds is 5. The highest BCUT2D eigenvalue weighted by Gasteiger charge is 2.16. The van der Waals surface area contributed by atoms with E-state index < -0.39 is 0 Å². The highest BCUT2D eigenvalue weighted by Crippen LogP contribution is 2.28. The molecule has 0 unspecified atom stereocenters. The molecule has 8 heteroatoms. The summed E-state index contributed by atoms with van der Waals surface area (Å²) in [7, 11) is 0. The fourth-order valence-corrected chi connectivity index (χ4v) is 3.91. The normalized spacial score (nSPS) is 10.9. The van der Waals surface area contributed by atoms with Crippen molar-refractivity contribution >= 4 is 28.6 Å². The first-order valence-electron chi connectivity index (χ1n) is 7.49. The molecule has 0 aliphatic heterocycles. The van der Waals surface area contributed by atoms with E-state index in [0.29, 0.717) is 12.3 Å². The molecule has 4 aromatic heterocycles. The topological polar surface area (TPSA) is 81.2 Å². The number of carbonyl (C=O) groups excluding carboxylic acids is 1. The summed E-state index contributed by atoms with van der Waals surface area (Å²) in [5, 5.41) is 9.44. The molecular formula is C17H13N3O3S2. The molecule has 0 saturated carbocycles. The molecule has 126 valence electrons. The number of carbonyl (C=O) groups is 1. The summed E-state index contributed by atoms with van der Waals surface area (Å²) in [6, 6.07) is 9.18. The number of aromatic nitrogens is 2. The number of hydrogen-bond acceptors (Lipinski definition) is 7. The van der Waals surface area contributed by atoms with Crippen LogP contribution >= 0.6 is 22.7 Å². The molecule has 4 rings (SSSR count). The van der Waals surface area contributed by atoms with Gasteiger partial charge in [0, 0.05) is 10.9 Å². The molecule has 4 heterocycles. The van der Waals surface area contributed by atoms with E-state index in [1.54, 1.807) is 12.3 Å². The summed E-state index contributed by atoms with van der Waals surface area (Å²) in [4.78, 5) is 18.7. The second-order valence-electron chi connectivity index (χ2n) is 5.24. The van der Waals surface area contributed by atoms with E-state index in [1.807, 2.05) is 36.6 Å². The third kappa shape index (κ3) is 3.26. The summed E-state index contributed by atoms with van der Waals surface area (Å²) >= 11 is 3.03. The standard InChI is InChI=1S/C17H13N3O3S2/c1-10-15(25-17(19-10)12-4-2-6-22-12)9-18-16(21)11-8-13(23-20-11)14-5-3-7-24-14/h2-8H,9H2,1H3,(H,18,21). The van der Waals surface area contributed by atoms with E-state index in [-0.39, 0.29) is 11.6 Å². The number of thiophene rings is 1. The van der Waals surface area contributed by atoms with Crippen molar-refractivity contribution in [2.24, 2.45) is 0 Å². The molecule has 4 aromatic rings. The van der Waals surface area contributed by atoms with E-state index in [4.69, 9.17) is 8.94 Å². The SMILES string of the molecule is Cc1nc(-c2ccco2)sc1CNC(=O)c1cc(-c2cccs2)on1. The summed E-state index contributed by atoms with van der Waals surface area (Å²) in [5.74, 6) is 1.04. The minimum absolute atomic E-state index is 0.261. The lowest BCUT2D eigenvalue weighted by Gasteiger charge is -2.00. The molecule has 0 aliphatic rings. The van der Waals surface area contributed by atoms with Crippen LogP contribution < -0.4 is 5.32 Å². The van der Waals surface area contributed by atoms with E-state index >= 15 is 0 Å². The van der Waals surface area contributed by atoms with Crippen LogP contribution in [0.2, 0.25) is 0 Å². The molecule has 0 aliphatic carbocycles. The molecule has 0 bridgehead atoms. The maximum atomic E-state index is 12.3. The highest BCUT2D eigenvalue weighted by atomic mass is 32.1. The van der Waals surface area contributed by atoms with Crippen LogP contribution in [0.1, 0.15) is 21.1 Å². The quantitative estimate of drug-likeness (QED) is 0.564. The second kappa shape index (κ2) is 6.66.